The fourth-order valence-electron chi connectivity index (χ4n) is 2.18. The lowest BCUT2D eigenvalue weighted by molar-refractivity contribution is 0.322. The lowest BCUT2D eigenvalue weighted by atomic mass is 9.84. The van der Waals surface area contributed by atoms with Crippen molar-refractivity contribution in [3.8, 4) is 5.75 Å². The molecule has 16 heavy (non-hydrogen) atoms. The Kier molecular flexibility index (Phi) is 4.85. The van der Waals surface area contributed by atoms with Gasteiger partial charge in [0.05, 0.1) is 0 Å². The summed E-state index contributed by atoms with van der Waals surface area (Å²) in [4.78, 5) is 0. The predicted molar refractivity (Wildman–Crippen MR) is 69.6 cm³/mol. The van der Waals surface area contributed by atoms with Crippen molar-refractivity contribution in [2.24, 2.45) is 17.8 Å². The van der Waals surface area contributed by atoms with Gasteiger partial charge in [0, 0.05) is 0 Å². The van der Waals surface area contributed by atoms with E-state index >= 15 is 0 Å². The molecule has 1 N–H and O–H groups in total. The van der Waals surface area contributed by atoms with Gasteiger partial charge in [-0.2, -0.15) is 0 Å². The van der Waals surface area contributed by atoms with Gasteiger partial charge in [0.1, 0.15) is 5.75 Å². The first-order chi connectivity index (χ1) is 7.49. The molecule has 1 aromatic carbocycles. The van der Waals surface area contributed by atoms with Gasteiger partial charge in [0.25, 0.3) is 0 Å². The van der Waals surface area contributed by atoms with Gasteiger partial charge < -0.3 is 5.11 Å². The Labute approximate surface area is 99.5 Å². The molecule has 0 bridgehead atoms. The fraction of sp³-hybridized carbons (Fsp3) is 0.600. The number of rotatable bonds is 5. The van der Waals surface area contributed by atoms with Gasteiger partial charge in [-0.3, -0.25) is 0 Å². The molecule has 90 valence electrons. The maximum atomic E-state index is 9.22. The Morgan fingerprint density at radius 3 is 2.00 bits per heavy atom. The molecular weight excluding hydrogens is 196 g/mol. The number of phenols is 1. The van der Waals surface area contributed by atoms with Gasteiger partial charge in [-0.25, -0.2) is 0 Å². The van der Waals surface area contributed by atoms with Crippen molar-refractivity contribution in [1.82, 2.24) is 0 Å². The van der Waals surface area contributed by atoms with Crippen molar-refractivity contribution in [3.63, 3.8) is 0 Å². The Hall–Kier alpha value is -0.980. The van der Waals surface area contributed by atoms with Crippen LogP contribution in [0.15, 0.2) is 24.3 Å². The maximum Gasteiger partial charge on any atom is 0.115 e. The van der Waals surface area contributed by atoms with Crippen molar-refractivity contribution in [3.05, 3.63) is 29.8 Å². The molecule has 0 saturated heterocycles. The summed E-state index contributed by atoms with van der Waals surface area (Å²) in [6.45, 7) is 9.22. The highest BCUT2D eigenvalue weighted by Crippen LogP contribution is 2.23. The fourth-order valence-corrected chi connectivity index (χ4v) is 2.18. The van der Waals surface area contributed by atoms with E-state index in [1.165, 1.54) is 12.0 Å². The number of hydrogen-bond acceptors (Lipinski definition) is 1. The van der Waals surface area contributed by atoms with Gasteiger partial charge in [-0.1, -0.05) is 39.8 Å². The molecule has 0 spiro atoms. The summed E-state index contributed by atoms with van der Waals surface area (Å²) in [5, 5.41) is 9.22. The highest BCUT2D eigenvalue weighted by Gasteiger charge is 2.14. The summed E-state index contributed by atoms with van der Waals surface area (Å²) in [5.74, 6) is 2.59. The molecule has 1 aromatic rings. The summed E-state index contributed by atoms with van der Waals surface area (Å²) in [6, 6.07) is 7.59. The van der Waals surface area contributed by atoms with Crippen molar-refractivity contribution >= 4 is 0 Å². The molecule has 0 saturated carbocycles. The first kappa shape index (κ1) is 13.1. The van der Waals surface area contributed by atoms with Crippen LogP contribution in [-0.4, -0.2) is 5.11 Å². The van der Waals surface area contributed by atoms with Crippen LogP contribution < -0.4 is 0 Å². The van der Waals surface area contributed by atoms with Crippen LogP contribution in [-0.2, 0) is 6.42 Å². The topological polar surface area (TPSA) is 20.2 Å². The molecule has 2 unspecified atom stereocenters. The molecule has 0 aliphatic heterocycles. The summed E-state index contributed by atoms with van der Waals surface area (Å²) in [6.07, 6.45) is 2.40. The van der Waals surface area contributed by atoms with E-state index in [1.54, 1.807) is 12.1 Å². The van der Waals surface area contributed by atoms with Crippen molar-refractivity contribution < 1.29 is 5.11 Å². The molecule has 2 atom stereocenters. The molecule has 0 aliphatic carbocycles. The first-order valence-electron chi connectivity index (χ1n) is 6.27. The Balaban J connectivity index is 2.50. The van der Waals surface area contributed by atoms with Crippen molar-refractivity contribution in [2.45, 2.75) is 40.5 Å². The van der Waals surface area contributed by atoms with Gasteiger partial charge >= 0.3 is 0 Å². The van der Waals surface area contributed by atoms with Gasteiger partial charge in [-0.05, 0) is 48.3 Å². The van der Waals surface area contributed by atoms with Crippen LogP contribution in [0.4, 0.5) is 0 Å². The zero-order valence-corrected chi connectivity index (χ0v) is 10.9. The van der Waals surface area contributed by atoms with Crippen molar-refractivity contribution in [1.29, 1.82) is 0 Å². The predicted octanol–water partition coefficient (Wildman–Crippen LogP) is 4.25. The van der Waals surface area contributed by atoms with E-state index in [1.807, 2.05) is 12.1 Å². The second kappa shape index (κ2) is 5.93. The molecule has 0 aromatic heterocycles. The van der Waals surface area contributed by atoms with Crippen molar-refractivity contribution in [2.75, 3.05) is 0 Å². The monoisotopic (exact) mass is 220 g/mol. The summed E-state index contributed by atoms with van der Waals surface area (Å²) in [7, 11) is 0. The van der Waals surface area contributed by atoms with E-state index in [0.717, 1.165) is 18.3 Å². The van der Waals surface area contributed by atoms with E-state index < -0.39 is 0 Å². The lowest BCUT2D eigenvalue weighted by Gasteiger charge is -2.21. The van der Waals surface area contributed by atoms with E-state index in [4.69, 9.17) is 0 Å². The third kappa shape index (κ3) is 4.26. The molecule has 0 amide bonds. The minimum atomic E-state index is 0.353. The number of hydrogen-bond donors (Lipinski definition) is 1. The minimum absolute atomic E-state index is 0.353. The molecule has 0 radical (unpaired) electrons. The molecule has 0 heterocycles. The molecule has 1 rings (SSSR count). The average Bonchev–Trinajstić information content (AvgIpc) is 2.20. The maximum absolute atomic E-state index is 9.22. The van der Waals surface area contributed by atoms with Crippen LogP contribution in [0.5, 0.6) is 5.75 Å². The summed E-state index contributed by atoms with van der Waals surface area (Å²) >= 11 is 0. The number of phenolic OH excluding ortho intramolecular Hbond substituents is 1. The molecular formula is C15H24O. The molecule has 1 heteroatoms. The largest absolute Gasteiger partial charge is 0.508 e. The average molecular weight is 220 g/mol. The van der Waals surface area contributed by atoms with E-state index in [9.17, 15) is 5.11 Å². The van der Waals surface area contributed by atoms with Crippen LogP contribution in [0.3, 0.4) is 0 Å². The molecule has 1 nitrogen and oxygen atoms in total. The van der Waals surface area contributed by atoms with Crippen LogP contribution in [0, 0.1) is 17.8 Å². The third-order valence-corrected chi connectivity index (χ3v) is 3.31. The highest BCUT2D eigenvalue weighted by molar-refractivity contribution is 5.26. The Bertz CT molecular complexity index is 300. The second-order valence-corrected chi connectivity index (χ2v) is 5.45. The molecule has 0 aliphatic rings. The smallest absolute Gasteiger partial charge is 0.115 e. The van der Waals surface area contributed by atoms with Gasteiger partial charge in [0.2, 0.25) is 0 Å². The first-order valence-corrected chi connectivity index (χ1v) is 6.27. The summed E-state index contributed by atoms with van der Waals surface area (Å²) in [5.41, 5.74) is 1.32. The summed E-state index contributed by atoms with van der Waals surface area (Å²) < 4.78 is 0. The zero-order chi connectivity index (χ0) is 12.1. The molecule has 0 fully saturated rings. The highest BCUT2D eigenvalue weighted by atomic mass is 16.3. The zero-order valence-electron chi connectivity index (χ0n) is 10.9. The van der Waals surface area contributed by atoms with E-state index in [0.29, 0.717) is 11.7 Å². The van der Waals surface area contributed by atoms with E-state index in [-0.39, 0.29) is 0 Å². The Morgan fingerprint density at radius 2 is 1.50 bits per heavy atom. The number of aromatic hydroxyl groups is 1. The van der Waals surface area contributed by atoms with Crippen LogP contribution in [0.2, 0.25) is 0 Å². The second-order valence-electron chi connectivity index (χ2n) is 5.45. The van der Waals surface area contributed by atoms with Gasteiger partial charge in [0.15, 0.2) is 0 Å². The normalized spacial score (nSPS) is 15.1. The van der Waals surface area contributed by atoms with E-state index in [2.05, 4.69) is 27.7 Å². The van der Waals surface area contributed by atoms with Gasteiger partial charge in [-0.15, -0.1) is 0 Å². The lowest BCUT2D eigenvalue weighted by Crippen LogP contribution is -2.13. The Morgan fingerprint density at radius 1 is 0.938 bits per heavy atom. The SMILES string of the molecule is CC(C)CC(C)C(C)Cc1ccc(O)cc1. The number of benzene rings is 1. The minimum Gasteiger partial charge on any atom is -0.508 e. The van der Waals surface area contributed by atoms with Crippen LogP contribution in [0.1, 0.15) is 39.7 Å². The standard InChI is InChI=1S/C15H24O/c1-11(2)9-12(3)13(4)10-14-5-7-15(16)8-6-14/h5-8,11-13,16H,9-10H2,1-4H3. The quantitative estimate of drug-likeness (QED) is 0.786. The van der Waals surface area contributed by atoms with Crippen LogP contribution in [0.25, 0.3) is 0 Å². The third-order valence-electron chi connectivity index (χ3n) is 3.31. The van der Waals surface area contributed by atoms with Crippen LogP contribution >= 0.6 is 0 Å².